The first-order valence-corrected chi connectivity index (χ1v) is 12.1. The van der Waals surface area contributed by atoms with E-state index in [2.05, 4.69) is 20.8 Å². The van der Waals surface area contributed by atoms with E-state index in [-0.39, 0.29) is 23.3 Å². The van der Waals surface area contributed by atoms with Gasteiger partial charge in [0.2, 0.25) is 0 Å². The number of carbonyl (C=O) groups is 2. The Balaban J connectivity index is 1.89. The van der Waals surface area contributed by atoms with E-state index in [1.807, 2.05) is 56.3 Å². The molecule has 1 N–H and O–H groups in total. The molecule has 1 fully saturated rings. The number of aliphatic hydroxyl groups excluding tert-OH is 1. The number of ketones is 1. The Bertz CT molecular complexity index is 1380. The Morgan fingerprint density at radius 3 is 2.19 bits per heavy atom. The summed E-state index contributed by atoms with van der Waals surface area (Å²) in [5.74, 6) is -2.12. The van der Waals surface area contributed by atoms with Crippen molar-refractivity contribution >= 4 is 17.4 Å². The normalized spacial score (nSPS) is 17.6. The van der Waals surface area contributed by atoms with Gasteiger partial charge in [-0.1, -0.05) is 68.8 Å². The molecule has 4 nitrogen and oxygen atoms in total. The molecule has 3 aromatic rings. The fourth-order valence-electron chi connectivity index (χ4n) is 4.66. The highest BCUT2D eigenvalue weighted by atomic mass is 19.1. The number of aryl methyl sites for hydroxylation is 3. The predicted octanol–water partition coefficient (Wildman–Crippen LogP) is 6.67. The summed E-state index contributed by atoms with van der Waals surface area (Å²) < 4.78 is 13.9. The lowest BCUT2D eigenvalue weighted by Crippen LogP contribution is -2.29. The monoisotopic (exact) mass is 485 g/mol. The first kappa shape index (κ1) is 25.4. The molecule has 0 bridgehead atoms. The van der Waals surface area contributed by atoms with E-state index in [0.29, 0.717) is 11.1 Å². The minimum Gasteiger partial charge on any atom is -0.507 e. The second kappa shape index (κ2) is 9.38. The van der Waals surface area contributed by atoms with Gasteiger partial charge in [0.05, 0.1) is 11.6 Å². The largest absolute Gasteiger partial charge is 0.507 e. The van der Waals surface area contributed by atoms with Gasteiger partial charge in [0.15, 0.2) is 0 Å². The molecular weight excluding hydrogens is 453 g/mol. The molecule has 1 amide bonds. The lowest BCUT2D eigenvalue weighted by atomic mass is 9.85. The van der Waals surface area contributed by atoms with Crippen molar-refractivity contribution in [3.63, 3.8) is 0 Å². The van der Waals surface area contributed by atoms with Gasteiger partial charge in [-0.25, -0.2) is 4.39 Å². The Hall–Kier alpha value is -3.73. The lowest BCUT2D eigenvalue weighted by Gasteiger charge is -2.27. The zero-order chi connectivity index (χ0) is 26.4. The summed E-state index contributed by atoms with van der Waals surface area (Å²) in [5, 5.41) is 11.3. The van der Waals surface area contributed by atoms with Crippen LogP contribution in [0.25, 0.3) is 5.76 Å². The molecule has 0 aromatic heterocycles. The highest BCUT2D eigenvalue weighted by molar-refractivity contribution is 6.46. The van der Waals surface area contributed by atoms with Crippen LogP contribution in [0.3, 0.4) is 0 Å². The number of hydrogen-bond acceptors (Lipinski definition) is 3. The van der Waals surface area contributed by atoms with Gasteiger partial charge in [0, 0.05) is 12.1 Å². The van der Waals surface area contributed by atoms with Crippen LogP contribution in [0.15, 0.2) is 66.2 Å². The van der Waals surface area contributed by atoms with Gasteiger partial charge in [-0.05, 0) is 72.2 Å². The van der Waals surface area contributed by atoms with Crippen molar-refractivity contribution in [3.8, 4) is 0 Å². The number of aliphatic hydroxyl groups is 1. The van der Waals surface area contributed by atoms with E-state index >= 15 is 0 Å². The van der Waals surface area contributed by atoms with Crippen molar-refractivity contribution in [1.82, 2.24) is 4.90 Å². The Labute approximate surface area is 212 Å². The molecule has 5 heteroatoms. The van der Waals surface area contributed by atoms with Crippen molar-refractivity contribution in [3.05, 3.63) is 111 Å². The average molecular weight is 486 g/mol. The maximum absolute atomic E-state index is 13.9. The van der Waals surface area contributed by atoms with Crippen molar-refractivity contribution < 1.29 is 19.1 Å². The van der Waals surface area contributed by atoms with Gasteiger partial charge >= 0.3 is 0 Å². The van der Waals surface area contributed by atoms with E-state index < -0.39 is 23.5 Å². The second-order valence-electron chi connectivity index (χ2n) is 10.7. The van der Waals surface area contributed by atoms with Crippen molar-refractivity contribution in [1.29, 1.82) is 0 Å². The fraction of sp³-hybridized carbons (Fsp3) is 0.290. The average Bonchev–Trinajstić information content (AvgIpc) is 3.07. The van der Waals surface area contributed by atoms with Gasteiger partial charge in [-0.3, -0.25) is 9.59 Å². The summed E-state index contributed by atoms with van der Waals surface area (Å²) >= 11 is 0. The fourth-order valence-corrected chi connectivity index (χ4v) is 4.66. The second-order valence-corrected chi connectivity index (χ2v) is 10.7. The van der Waals surface area contributed by atoms with Crippen LogP contribution in [0.5, 0.6) is 0 Å². The van der Waals surface area contributed by atoms with Crippen LogP contribution in [-0.4, -0.2) is 21.7 Å². The number of nitrogens with zero attached hydrogens (tertiary/aromatic N) is 1. The molecule has 1 unspecified atom stereocenters. The Kier molecular flexibility index (Phi) is 6.61. The highest BCUT2D eigenvalue weighted by Gasteiger charge is 2.46. The van der Waals surface area contributed by atoms with Crippen molar-refractivity contribution in [2.45, 2.75) is 59.5 Å². The third-order valence-corrected chi connectivity index (χ3v) is 6.91. The molecule has 1 heterocycles. The third kappa shape index (κ3) is 4.70. The van der Waals surface area contributed by atoms with Gasteiger partial charge in [0.25, 0.3) is 11.7 Å². The molecule has 0 spiro atoms. The molecular formula is C31H32FNO3. The molecule has 186 valence electrons. The molecule has 1 aliphatic rings. The van der Waals surface area contributed by atoms with Crippen LogP contribution in [0, 0.1) is 26.6 Å². The predicted molar refractivity (Wildman–Crippen MR) is 140 cm³/mol. The number of hydrogen-bond donors (Lipinski definition) is 1. The van der Waals surface area contributed by atoms with E-state index in [1.54, 1.807) is 6.92 Å². The maximum Gasteiger partial charge on any atom is 0.295 e. The van der Waals surface area contributed by atoms with E-state index in [4.69, 9.17) is 0 Å². The number of halogens is 1. The van der Waals surface area contributed by atoms with Crippen LogP contribution in [0.2, 0.25) is 0 Å². The molecule has 36 heavy (non-hydrogen) atoms. The Morgan fingerprint density at radius 2 is 1.58 bits per heavy atom. The summed E-state index contributed by atoms with van der Waals surface area (Å²) in [5.41, 5.74) is 5.44. The topological polar surface area (TPSA) is 57.6 Å². The first-order chi connectivity index (χ1) is 16.9. The van der Waals surface area contributed by atoms with Gasteiger partial charge in [0.1, 0.15) is 11.6 Å². The van der Waals surface area contributed by atoms with E-state index in [0.717, 1.165) is 27.8 Å². The van der Waals surface area contributed by atoms with E-state index in [9.17, 15) is 19.1 Å². The molecule has 0 aliphatic carbocycles. The zero-order valence-electron chi connectivity index (χ0n) is 21.6. The van der Waals surface area contributed by atoms with E-state index in [1.165, 1.54) is 23.1 Å². The molecule has 0 saturated carbocycles. The number of Topliss-reactive ketones (excluding diaryl/α,β-unsaturated/α-hetero) is 1. The minimum absolute atomic E-state index is 0.0137. The molecule has 3 aromatic carbocycles. The van der Waals surface area contributed by atoms with Crippen LogP contribution in [0.4, 0.5) is 4.39 Å². The van der Waals surface area contributed by atoms with Crippen molar-refractivity contribution in [2.75, 3.05) is 0 Å². The van der Waals surface area contributed by atoms with Crippen LogP contribution in [-0.2, 0) is 21.5 Å². The summed E-state index contributed by atoms with van der Waals surface area (Å²) in [6, 6.07) is 17.2. The maximum atomic E-state index is 13.9. The van der Waals surface area contributed by atoms with Crippen molar-refractivity contribution in [2.24, 2.45) is 0 Å². The molecule has 0 radical (unpaired) electrons. The molecule has 1 aliphatic heterocycles. The molecule has 1 saturated heterocycles. The highest BCUT2D eigenvalue weighted by Crippen LogP contribution is 2.41. The number of carbonyl (C=O) groups excluding carboxylic acids is 2. The first-order valence-electron chi connectivity index (χ1n) is 12.1. The summed E-state index contributed by atoms with van der Waals surface area (Å²) in [6.07, 6.45) is 0. The summed E-state index contributed by atoms with van der Waals surface area (Å²) in [6.45, 7) is 12.1. The van der Waals surface area contributed by atoms with Gasteiger partial charge in [-0.2, -0.15) is 0 Å². The zero-order valence-corrected chi connectivity index (χ0v) is 21.6. The van der Waals surface area contributed by atoms with Crippen LogP contribution in [0.1, 0.15) is 65.8 Å². The van der Waals surface area contributed by atoms with Gasteiger partial charge in [-0.15, -0.1) is 0 Å². The summed E-state index contributed by atoms with van der Waals surface area (Å²) in [7, 11) is 0. The smallest absolute Gasteiger partial charge is 0.295 e. The Morgan fingerprint density at radius 1 is 0.917 bits per heavy atom. The number of rotatable bonds is 4. The van der Waals surface area contributed by atoms with Crippen LogP contribution >= 0.6 is 0 Å². The molecule has 4 rings (SSSR count). The van der Waals surface area contributed by atoms with Crippen LogP contribution < -0.4 is 0 Å². The van der Waals surface area contributed by atoms with Gasteiger partial charge < -0.3 is 10.0 Å². The molecule has 1 atom stereocenters. The lowest BCUT2D eigenvalue weighted by molar-refractivity contribution is -0.140. The number of likely N-dealkylation sites (tertiary alicyclic amines) is 1. The quantitative estimate of drug-likeness (QED) is 0.255. The standard InChI is InChI=1S/C31H32FNO3/c1-18-7-8-19(2)23(15-18)17-33-27(21-9-12-24(13-10-21)31(4,5)6)26(29(35)30(33)36)28(34)22-11-14-25(32)20(3)16-22/h7-16,27,34H,17H2,1-6H3/b28-26-. The SMILES string of the molecule is Cc1ccc(C)c(CN2C(=O)C(=O)/C(=C(\O)c3ccc(F)c(C)c3)C2c2ccc(C(C)(C)C)cc2)c1. The number of amides is 1. The summed E-state index contributed by atoms with van der Waals surface area (Å²) in [4.78, 5) is 28.2. The minimum atomic E-state index is -0.774. The number of benzene rings is 3. The third-order valence-electron chi connectivity index (χ3n) is 6.91.